The van der Waals surface area contributed by atoms with Gasteiger partial charge in [-0.2, -0.15) is 33.7 Å². The summed E-state index contributed by atoms with van der Waals surface area (Å²) < 4.78 is 175. The van der Waals surface area contributed by atoms with Gasteiger partial charge in [0.05, 0.1) is 98.4 Å². The Kier molecular flexibility index (Phi) is 27.8. The summed E-state index contributed by atoms with van der Waals surface area (Å²) in [6, 6.07) is 21.2. The highest BCUT2D eigenvalue weighted by Crippen LogP contribution is 2.45. The van der Waals surface area contributed by atoms with Gasteiger partial charge in [-0.25, -0.2) is 4.79 Å². The number of nitrogens with zero attached hydrogens (tertiary/aromatic N) is 2. The summed E-state index contributed by atoms with van der Waals surface area (Å²) in [6.45, 7) is 16.3. The second-order valence-corrected chi connectivity index (χ2v) is 28.1. The number of benzene rings is 4. The minimum absolute atomic E-state index is 0.0641. The molecular formula is C59H86N4O19S4. The van der Waals surface area contributed by atoms with Gasteiger partial charge in [0.1, 0.15) is 0 Å². The van der Waals surface area contributed by atoms with Crippen LogP contribution in [0.2, 0.25) is 0 Å². The summed E-state index contributed by atoms with van der Waals surface area (Å²) >= 11 is 0. The van der Waals surface area contributed by atoms with Crippen molar-refractivity contribution >= 4 is 46.5 Å². The smallest absolute Gasteiger partial charge is 0.315 e. The summed E-state index contributed by atoms with van der Waals surface area (Å²) in [5.74, 6) is -2.50. The van der Waals surface area contributed by atoms with Crippen LogP contribution in [0.25, 0.3) is 0 Å². The fourth-order valence-electron chi connectivity index (χ4n) is 11.0. The lowest BCUT2D eigenvalue weighted by molar-refractivity contribution is -0.0345. The van der Waals surface area contributed by atoms with Crippen molar-refractivity contribution in [3.63, 3.8) is 0 Å². The minimum atomic E-state index is -4.69. The van der Waals surface area contributed by atoms with Crippen LogP contribution < -0.4 is 10.6 Å². The quantitative estimate of drug-likeness (QED) is 0.0470. The molecule has 0 aliphatic carbocycles. The maximum atomic E-state index is 15.0. The van der Waals surface area contributed by atoms with Crippen molar-refractivity contribution < 1.29 is 85.1 Å². The molecule has 3 heterocycles. The molecule has 0 aromatic heterocycles. The van der Waals surface area contributed by atoms with Crippen LogP contribution in [-0.2, 0) is 68.9 Å². The molecule has 86 heavy (non-hydrogen) atoms. The molecule has 2 bridgehead atoms. The lowest BCUT2D eigenvalue weighted by Crippen LogP contribution is -2.49. The SMILES string of the molecule is CC(C)CC(c1ccc(S(=O)(=O)O)cc1)C(NC(=O)NCCC1CN2CCOCCOCCN(CCOCCOCC2)CCOCCO1)C(CC(CC(c1ccc(S(=O)(=O)O)cc1)C(C)C)c1ccc(S(=O)(=O)O)cc1)c1ccc(S(=O)(=O)O)cc1. The van der Waals surface area contributed by atoms with Crippen molar-refractivity contribution in [1.82, 2.24) is 20.4 Å². The van der Waals surface area contributed by atoms with E-state index in [9.17, 15) is 56.7 Å². The van der Waals surface area contributed by atoms with E-state index in [1.54, 1.807) is 36.4 Å². The zero-order valence-electron chi connectivity index (χ0n) is 49.4. The number of nitrogens with one attached hydrogen (secondary N) is 2. The number of urea groups is 1. The van der Waals surface area contributed by atoms with E-state index in [4.69, 9.17) is 28.4 Å². The normalized spacial score (nSPS) is 20.9. The Hall–Kier alpha value is -4.53. The fourth-order valence-corrected chi connectivity index (χ4v) is 12.9. The van der Waals surface area contributed by atoms with Gasteiger partial charge in [0, 0.05) is 63.7 Å². The second-order valence-electron chi connectivity index (χ2n) is 22.4. The topological polar surface area (TPSA) is 320 Å². The van der Waals surface area contributed by atoms with E-state index in [1.807, 2.05) is 27.7 Å². The first-order valence-corrected chi connectivity index (χ1v) is 34.8. The van der Waals surface area contributed by atoms with Crippen LogP contribution in [0.1, 0.15) is 99.3 Å². The molecule has 0 radical (unpaired) electrons. The fraction of sp³-hybridized carbons (Fsp3) is 0.576. The van der Waals surface area contributed by atoms with E-state index in [2.05, 4.69) is 20.4 Å². The Morgan fingerprint density at radius 3 is 1.17 bits per heavy atom. The summed E-state index contributed by atoms with van der Waals surface area (Å²) in [4.78, 5) is 17.9. The molecule has 0 saturated carbocycles. The van der Waals surface area contributed by atoms with Gasteiger partial charge in [0.15, 0.2) is 0 Å². The van der Waals surface area contributed by atoms with E-state index in [-0.39, 0.29) is 52.0 Å². The summed E-state index contributed by atoms with van der Waals surface area (Å²) in [5.41, 5.74) is 2.41. The third-order valence-electron chi connectivity index (χ3n) is 15.5. The van der Waals surface area contributed by atoms with Gasteiger partial charge in [0.2, 0.25) is 0 Å². The van der Waals surface area contributed by atoms with Crippen molar-refractivity contribution in [2.45, 2.75) is 109 Å². The number of hydrogen-bond acceptors (Lipinski definition) is 17. The molecule has 3 aliphatic heterocycles. The van der Waals surface area contributed by atoms with Crippen molar-refractivity contribution in [3.8, 4) is 0 Å². The van der Waals surface area contributed by atoms with Gasteiger partial charge < -0.3 is 39.1 Å². The van der Waals surface area contributed by atoms with Crippen molar-refractivity contribution in [2.24, 2.45) is 11.8 Å². The maximum absolute atomic E-state index is 15.0. The molecular weight excluding hydrogens is 1200 g/mol. The molecule has 6 N–H and O–H groups in total. The first-order valence-electron chi connectivity index (χ1n) is 29.1. The van der Waals surface area contributed by atoms with Gasteiger partial charge >= 0.3 is 6.03 Å². The Bertz CT molecular complexity index is 3140. The number of carbonyl (C=O) groups excluding carboxylic acids is 1. The zero-order valence-corrected chi connectivity index (χ0v) is 52.6. The predicted molar refractivity (Wildman–Crippen MR) is 321 cm³/mol. The van der Waals surface area contributed by atoms with Gasteiger partial charge in [-0.05, 0) is 120 Å². The highest BCUT2D eigenvalue weighted by atomic mass is 32.2. The number of hydrogen-bond donors (Lipinski definition) is 6. The molecule has 6 atom stereocenters. The molecule has 7 rings (SSSR count). The lowest BCUT2D eigenvalue weighted by atomic mass is 9.70. The van der Waals surface area contributed by atoms with Crippen LogP contribution >= 0.6 is 0 Å². The minimum Gasteiger partial charge on any atom is -0.378 e. The van der Waals surface area contributed by atoms with E-state index in [0.29, 0.717) is 147 Å². The molecule has 3 saturated heterocycles. The van der Waals surface area contributed by atoms with Crippen LogP contribution in [0.3, 0.4) is 0 Å². The highest BCUT2D eigenvalue weighted by Gasteiger charge is 2.37. The zero-order chi connectivity index (χ0) is 62.5. The summed E-state index contributed by atoms with van der Waals surface area (Å²) in [7, 11) is -18.5. The van der Waals surface area contributed by atoms with Crippen LogP contribution in [0, 0.1) is 11.8 Å². The Labute approximate surface area is 507 Å². The van der Waals surface area contributed by atoms with E-state index in [0.717, 1.165) is 0 Å². The molecule has 27 heteroatoms. The molecule has 4 aromatic rings. The molecule has 480 valence electrons. The molecule has 3 fully saturated rings. The van der Waals surface area contributed by atoms with Gasteiger partial charge in [0.25, 0.3) is 40.5 Å². The molecule has 2 amide bonds. The van der Waals surface area contributed by atoms with Crippen LogP contribution in [0.5, 0.6) is 0 Å². The van der Waals surface area contributed by atoms with Gasteiger partial charge in [-0.3, -0.25) is 28.0 Å². The largest absolute Gasteiger partial charge is 0.378 e. The van der Waals surface area contributed by atoms with Crippen LogP contribution in [0.15, 0.2) is 117 Å². The van der Waals surface area contributed by atoms with E-state index >= 15 is 0 Å². The average Bonchev–Trinajstić information content (AvgIpc) is 1.39. The average molecular weight is 1280 g/mol. The molecule has 4 aromatic carbocycles. The van der Waals surface area contributed by atoms with Crippen molar-refractivity contribution in [3.05, 3.63) is 119 Å². The number of fused-ring (bicyclic) bond motifs is 21. The Morgan fingerprint density at radius 1 is 0.465 bits per heavy atom. The highest BCUT2D eigenvalue weighted by molar-refractivity contribution is 7.86. The number of amides is 2. The predicted octanol–water partition coefficient (Wildman–Crippen LogP) is 6.75. The third kappa shape index (κ3) is 23.4. The van der Waals surface area contributed by atoms with Crippen LogP contribution in [0.4, 0.5) is 4.79 Å². The lowest BCUT2D eigenvalue weighted by Gasteiger charge is -2.39. The maximum Gasteiger partial charge on any atom is 0.315 e. The van der Waals surface area contributed by atoms with E-state index in [1.165, 1.54) is 60.7 Å². The van der Waals surface area contributed by atoms with Gasteiger partial charge in [-0.15, -0.1) is 0 Å². The second kappa shape index (κ2) is 33.9. The molecule has 23 nitrogen and oxygen atoms in total. The monoisotopic (exact) mass is 1280 g/mol. The van der Waals surface area contributed by atoms with Crippen molar-refractivity contribution in [1.29, 1.82) is 0 Å². The van der Waals surface area contributed by atoms with Crippen molar-refractivity contribution in [2.75, 3.05) is 118 Å². The number of ether oxygens (including phenoxy) is 6. The Morgan fingerprint density at radius 2 is 0.802 bits per heavy atom. The third-order valence-corrected chi connectivity index (χ3v) is 19.0. The summed E-state index contributed by atoms with van der Waals surface area (Å²) in [6.07, 6.45) is 0.781. The van der Waals surface area contributed by atoms with E-state index < -0.39 is 81.3 Å². The van der Waals surface area contributed by atoms with Crippen LogP contribution in [-0.4, -0.2) is 198 Å². The first-order chi connectivity index (χ1) is 40.8. The first kappa shape index (κ1) is 70.6. The van der Waals surface area contributed by atoms with Gasteiger partial charge in [-0.1, -0.05) is 76.2 Å². The Balaban J connectivity index is 1.41. The molecule has 6 unspecified atom stereocenters. The molecule has 0 spiro atoms. The number of rotatable bonds is 21. The number of carbonyl (C=O) groups is 1. The standard InChI is InChI=1S/C59H86N4O19S4/c1-43(2)39-56(47-9-17-53(18-10-47)85(71,72)73)58(61-59(64)60-22-21-50-42-63-26-31-79-35-33-77-28-23-62(25-30-81-37-38-82-50)24-29-78-34-36-80-32-27-63)57(48-11-19-54(20-12-48)86(74,75)76)41-49(45-5-13-51(14-6-45)83(65,66)67)40-55(44(3)4)46-7-15-52(16-8-46)84(68,69)70/h5-20,43-44,49-50,55-58H,21-42H2,1-4H3,(H2,60,61,64)(H,65,66,67)(H,68,69,70)(H,71,72,73)(H,74,75,76). The summed E-state index contributed by atoms with van der Waals surface area (Å²) in [5, 5.41) is 6.38. The molecule has 3 aliphatic rings.